The molecule has 0 aliphatic heterocycles. The number of benzene rings is 1. The molecule has 5 nitrogen and oxygen atoms in total. The Hall–Kier alpha value is -2.40. The zero-order chi connectivity index (χ0) is 12.8. The number of anilines is 2. The maximum absolute atomic E-state index is 11.7. The standard InChI is InChI=1S/C13H14N4O/c14-9-10-4-3-5-11(8-10)16-13(18)17-12-6-1-2-7-15-12/h1-8H,9,14H2,(H2,15,16,17,18). The van der Waals surface area contributed by atoms with E-state index in [0.717, 1.165) is 5.56 Å². The number of carbonyl (C=O) groups excluding carboxylic acids is 1. The van der Waals surface area contributed by atoms with Gasteiger partial charge in [0.1, 0.15) is 5.82 Å². The SMILES string of the molecule is NCc1cccc(NC(=O)Nc2ccccn2)c1. The number of carbonyl (C=O) groups is 1. The lowest BCUT2D eigenvalue weighted by molar-refractivity contribution is 0.262. The van der Waals surface area contributed by atoms with Gasteiger partial charge < -0.3 is 11.1 Å². The molecule has 0 unspecified atom stereocenters. The first-order chi connectivity index (χ1) is 8.78. The molecule has 2 rings (SSSR count). The predicted molar refractivity (Wildman–Crippen MR) is 71.2 cm³/mol. The van der Waals surface area contributed by atoms with E-state index in [4.69, 9.17) is 5.73 Å². The molecule has 0 atom stereocenters. The van der Waals surface area contributed by atoms with Gasteiger partial charge in [0, 0.05) is 18.4 Å². The highest BCUT2D eigenvalue weighted by atomic mass is 16.2. The molecule has 2 amide bonds. The minimum Gasteiger partial charge on any atom is -0.326 e. The molecule has 2 aromatic rings. The Morgan fingerprint density at radius 1 is 1.17 bits per heavy atom. The van der Waals surface area contributed by atoms with Crippen molar-refractivity contribution in [2.45, 2.75) is 6.54 Å². The molecule has 1 heterocycles. The van der Waals surface area contributed by atoms with Crippen molar-refractivity contribution in [3.8, 4) is 0 Å². The van der Waals surface area contributed by atoms with Crippen LogP contribution < -0.4 is 16.4 Å². The summed E-state index contributed by atoms with van der Waals surface area (Å²) < 4.78 is 0. The normalized spacial score (nSPS) is 9.83. The molecule has 0 fully saturated rings. The van der Waals surface area contributed by atoms with Crippen molar-refractivity contribution >= 4 is 17.5 Å². The molecule has 1 aromatic heterocycles. The number of nitrogens with one attached hydrogen (secondary N) is 2. The van der Waals surface area contributed by atoms with Crippen molar-refractivity contribution in [1.82, 2.24) is 4.98 Å². The second-order valence-electron chi connectivity index (χ2n) is 3.70. The summed E-state index contributed by atoms with van der Waals surface area (Å²) in [5.41, 5.74) is 7.20. The number of amides is 2. The Kier molecular flexibility index (Phi) is 3.88. The lowest BCUT2D eigenvalue weighted by Crippen LogP contribution is -2.20. The van der Waals surface area contributed by atoms with Gasteiger partial charge in [-0.15, -0.1) is 0 Å². The van der Waals surface area contributed by atoms with Gasteiger partial charge in [-0.25, -0.2) is 9.78 Å². The van der Waals surface area contributed by atoms with Gasteiger partial charge in [0.15, 0.2) is 0 Å². The van der Waals surface area contributed by atoms with Gasteiger partial charge in [0.2, 0.25) is 0 Å². The summed E-state index contributed by atoms with van der Waals surface area (Å²) in [6.07, 6.45) is 1.62. The first-order valence-corrected chi connectivity index (χ1v) is 5.56. The summed E-state index contributed by atoms with van der Waals surface area (Å²) in [5, 5.41) is 5.35. The highest BCUT2D eigenvalue weighted by Crippen LogP contribution is 2.10. The van der Waals surface area contributed by atoms with Crippen molar-refractivity contribution < 1.29 is 4.79 Å². The van der Waals surface area contributed by atoms with Gasteiger partial charge in [0.25, 0.3) is 0 Å². The minimum atomic E-state index is -0.331. The molecule has 92 valence electrons. The van der Waals surface area contributed by atoms with Crippen LogP contribution in [0.5, 0.6) is 0 Å². The van der Waals surface area contributed by atoms with Crippen molar-refractivity contribution in [3.63, 3.8) is 0 Å². The van der Waals surface area contributed by atoms with E-state index in [9.17, 15) is 4.79 Å². The van der Waals surface area contributed by atoms with E-state index < -0.39 is 0 Å². The Bertz CT molecular complexity index is 528. The highest BCUT2D eigenvalue weighted by molar-refractivity contribution is 5.99. The van der Waals surface area contributed by atoms with E-state index in [2.05, 4.69) is 15.6 Å². The van der Waals surface area contributed by atoms with Crippen molar-refractivity contribution in [2.24, 2.45) is 5.73 Å². The molecule has 0 spiro atoms. The third-order valence-corrected chi connectivity index (χ3v) is 2.33. The quantitative estimate of drug-likeness (QED) is 0.771. The van der Waals surface area contributed by atoms with Crippen LogP contribution in [0.4, 0.5) is 16.3 Å². The first kappa shape index (κ1) is 12.1. The summed E-state index contributed by atoms with van der Waals surface area (Å²) in [6.45, 7) is 0.442. The Labute approximate surface area is 105 Å². The Morgan fingerprint density at radius 2 is 2.06 bits per heavy atom. The fourth-order valence-electron chi connectivity index (χ4n) is 1.49. The summed E-state index contributed by atoms with van der Waals surface area (Å²) >= 11 is 0. The smallest absolute Gasteiger partial charge is 0.324 e. The summed E-state index contributed by atoms with van der Waals surface area (Å²) in [5.74, 6) is 0.505. The van der Waals surface area contributed by atoms with Crippen molar-refractivity contribution in [3.05, 3.63) is 54.2 Å². The van der Waals surface area contributed by atoms with Gasteiger partial charge in [-0.3, -0.25) is 5.32 Å². The number of nitrogens with zero attached hydrogens (tertiary/aromatic N) is 1. The Morgan fingerprint density at radius 3 is 2.78 bits per heavy atom. The van der Waals surface area contributed by atoms with Crippen molar-refractivity contribution in [2.75, 3.05) is 10.6 Å². The van der Waals surface area contributed by atoms with Gasteiger partial charge >= 0.3 is 6.03 Å². The summed E-state index contributed by atoms with van der Waals surface area (Å²) in [4.78, 5) is 15.7. The fourth-order valence-corrected chi connectivity index (χ4v) is 1.49. The lowest BCUT2D eigenvalue weighted by atomic mass is 10.2. The third-order valence-electron chi connectivity index (χ3n) is 2.33. The van der Waals surface area contributed by atoms with E-state index >= 15 is 0 Å². The van der Waals surface area contributed by atoms with Gasteiger partial charge in [-0.1, -0.05) is 18.2 Å². The van der Waals surface area contributed by atoms with Crippen LogP contribution in [0.3, 0.4) is 0 Å². The van der Waals surface area contributed by atoms with Crippen LogP contribution in [0.25, 0.3) is 0 Å². The maximum Gasteiger partial charge on any atom is 0.324 e. The maximum atomic E-state index is 11.7. The molecule has 0 aliphatic carbocycles. The van der Waals surface area contributed by atoms with Crippen LogP contribution >= 0.6 is 0 Å². The number of aromatic nitrogens is 1. The zero-order valence-electron chi connectivity index (χ0n) is 9.76. The molecule has 0 saturated heterocycles. The molecular formula is C13H14N4O. The second kappa shape index (κ2) is 5.79. The number of urea groups is 1. The molecule has 0 saturated carbocycles. The molecule has 5 heteroatoms. The highest BCUT2D eigenvalue weighted by Gasteiger charge is 2.03. The molecule has 0 bridgehead atoms. The van der Waals surface area contributed by atoms with E-state index in [1.165, 1.54) is 0 Å². The molecule has 18 heavy (non-hydrogen) atoms. The van der Waals surface area contributed by atoms with Crippen LogP contribution in [0.1, 0.15) is 5.56 Å². The number of nitrogens with two attached hydrogens (primary N) is 1. The van der Waals surface area contributed by atoms with Crippen LogP contribution in [0, 0.1) is 0 Å². The fraction of sp³-hybridized carbons (Fsp3) is 0.0769. The molecule has 4 N–H and O–H groups in total. The first-order valence-electron chi connectivity index (χ1n) is 5.56. The van der Waals surface area contributed by atoms with E-state index in [0.29, 0.717) is 18.1 Å². The summed E-state index contributed by atoms with van der Waals surface area (Å²) in [7, 11) is 0. The number of pyridine rings is 1. The lowest BCUT2D eigenvalue weighted by Gasteiger charge is -2.07. The van der Waals surface area contributed by atoms with Crippen LogP contribution in [0.15, 0.2) is 48.7 Å². The molecule has 1 aromatic carbocycles. The molecule has 0 radical (unpaired) electrons. The van der Waals surface area contributed by atoms with Gasteiger partial charge in [-0.2, -0.15) is 0 Å². The number of hydrogen-bond donors (Lipinski definition) is 3. The van der Waals surface area contributed by atoms with E-state index in [1.54, 1.807) is 30.5 Å². The minimum absolute atomic E-state index is 0.331. The average molecular weight is 242 g/mol. The second-order valence-corrected chi connectivity index (χ2v) is 3.70. The topological polar surface area (TPSA) is 80.0 Å². The van der Waals surface area contributed by atoms with Crippen LogP contribution in [-0.4, -0.2) is 11.0 Å². The van der Waals surface area contributed by atoms with Crippen molar-refractivity contribution in [1.29, 1.82) is 0 Å². The summed E-state index contributed by atoms with van der Waals surface area (Å²) in [6, 6.07) is 12.4. The van der Waals surface area contributed by atoms with Crippen LogP contribution in [0.2, 0.25) is 0 Å². The zero-order valence-corrected chi connectivity index (χ0v) is 9.76. The largest absolute Gasteiger partial charge is 0.326 e. The van der Waals surface area contributed by atoms with Crippen LogP contribution in [-0.2, 0) is 6.54 Å². The van der Waals surface area contributed by atoms with Gasteiger partial charge in [-0.05, 0) is 29.8 Å². The molecular weight excluding hydrogens is 228 g/mol. The predicted octanol–water partition coefficient (Wildman–Crippen LogP) is 2.18. The van der Waals surface area contributed by atoms with E-state index in [1.807, 2.05) is 18.2 Å². The average Bonchev–Trinajstić information content (AvgIpc) is 2.40. The van der Waals surface area contributed by atoms with E-state index in [-0.39, 0.29) is 6.03 Å². The monoisotopic (exact) mass is 242 g/mol. The molecule has 0 aliphatic rings. The number of hydrogen-bond acceptors (Lipinski definition) is 3. The number of rotatable bonds is 3. The Balaban J connectivity index is 1.99. The third kappa shape index (κ3) is 3.29. The van der Waals surface area contributed by atoms with Gasteiger partial charge in [0.05, 0.1) is 0 Å².